The van der Waals surface area contributed by atoms with Crippen LogP contribution in [-0.4, -0.2) is 26.2 Å². The zero-order valence-corrected chi connectivity index (χ0v) is 13.8. The van der Waals surface area contributed by atoms with Crippen LogP contribution < -0.4 is 37.1 Å². The molecule has 0 atom stereocenters. The molecule has 0 heterocycles. The predicted octanol–water partition coefficient (Wildman–Crippen LogP) is 0.723. The molecule has 2 aromatic rings. The zero-order chi connectivity index (χ0) is 18.6. The average Bonchev–Trinajstić information content (AvgIpc) is 2.55. The number of hydrogen-bond acceptors (Lipinski definition) is 9. The van der Waals surface area contributed by atoms with E-state index in [0.29, 0.717) is 17.2 Å². The minimum absolute atomic E-state index is 0.176. The summed E-state index contributed by atoms with van der Waals surface area (Å²) in [6.45, 7) is 0. The number of carbonyl (C=O) groups excluding carboxylic acids is 1. The van der Waals surface area contributed by atoms with Crippen molar-refractivity contribution in [3.8, 4) is 23.0 Å². The highest BCUT2D eigenvalue weighted by Crippen LogP contribution is 2.36. The largest absolute Gasteiger partial charge is 0.493 e. The molecule has 0 saturated carbocycles. The number of benzene rings is 2. The molecular formula is C16H20N4O5. The van der Waals surface area contributed by atoms with Crippen molar-refractivity contribution in [3.05, 3.63) is 42.0 Å². The van der Waals surface area contributed by atoms with Crippen molar-refractivity contribution in [2.75, 3.05) is 20.0 Å². The van der Waals surface area contributed by atoms with E-state index in [9.17, 15) is 4.79 Å². The lowest BCUT2D eigenvalue weighted by Gasteiger charge is -2.21. The van der Waals surface area contributed by atoms with Crippen LogP contribution in [0, 0.1) is 0 Å². The Morgan fingerprint density at radius 1 is 0.960 bits per heavy atom. The second-order valence-electron chi connectivity index (χ2n) is 5.12. The van der Waals surface area contributed by atoms with E-state index in [1.54, 1.807) is 18.2 Å². The van der Waals surface area contributed by atoms with Gasteiger partial charge in [-0.15, -0.1) is 0 Å². The van der Waals surface area contributed by atoms with Crippen LogP contribution in [0.3, 0.4) is 0 Å². The Morgan fingerprint density at radius 3 is 2.24 bits per heavy atom. The quantitative estimate of drug-likeness (QED) is 0.335. The molecule has 9 heteroatoms. The van der Waals surface area contributed by atoms with Gasteiger partial charge in [0.25, 0.3) is 5.97 Å². The van der Waals surface area contributed by atoms with Gasteiger partial charge in [-0.25, -0.2) is 4.79 Å². The Morgan fingerprint density at radius 2 is 1.64 bits per heavy atom. The molecule has 0 fully saturated rings. The fourth-order valence-electron chi connectivity index (χ4n) is 2.02. The van der Waals surface area contributed by atoms with Gasteiger partial charge in [0.2, 0.25) is 0 Å². The summed E-state index contributed by atoms with van der Waals surface area (Å²) in [7, 11) is 2.71. The Hall–Kier alpha value is -3.01. The lowest BCUT2D eigenvalue weighted by molar-refractivity contribution is 0.0597. The summed E-state index contributed by atoms with van der Waals surface area (Å²) in [5.74, 6) is -1.25. The predicted molar refractivity (Wildman–Crippen MR) is 91.2 cm³/mol. The molecule has 0 bridgehead atoms. The Kier molecular flexibility index (Phi) is 5.32. The molecule has 0 saturated heterocycles. The SMILES string of the molecule is COC(=O)c1cc(N)ccc1Oc1ccc(OC(N)(N)N)cc1OC. The molecule has 0 aromatic heterocycles. The first kappa shape index (κ1) is 18.3. The van der Waals surface area contributed by atoms with Crippen LogP contribution in [0.2, 0.25) is 0 Å². The van der Waals surface area contributed by atoms with Crippen molar-refractivity contribution in [1.29, 1.82) is 0 Å². The monoisotopic (exact) mass is 348 g/mol. The highest BCUT2D eigenvalue weighted by atomic mass is 16.5. The number of nitrogens with two attached hydrogens (primary N) is 4. The number of ether oxygens (including phenoxy) is 4. The van der Waals surface area contributed by atoms with Crippen molar-refractivity contribution in [3.63, 3.8) is 0 Å². The molecule has 0 amide bonds. The first-order valence-corrected chi connectivity index (χ1v) is 7.13. The van der Waals surface area contributed by atoms with Crippen LogP contribution in [-0.2, 0) is 4.74 Å². The number of rotatable bonds is 6. The fraction of sp³-hybridized carbons (Fsp3) is 0.188. The van der Waals surface area contributed by atoms with Gasteiger partial charge < -0.3 is 24.7 Å². The van der Waals surface area contributed by atoms with Gasteiger partial charge >= 0.3 is 5.97 Å². The van der Waals surface area contributed by atoms with E-state index >= 15 is 0 Å². The van der Waals surface area contributed by atoms with E-state index in [-0.39, 0.29) is 17.1 Å². The van der Waals surface area contributed by atoms with Gasteiger partial charge in [0.1, 0.15) is 17.1 Å². The highest BCUT2D eigenvalue weighted by Gasteiger charge is 2.18. The van der Waals surface area contributed by atoms with E-state index < -0.39 is 11.9 Å². The second kappa shape index (κ2) is 7.26. The first-order valence-electron chi connectivity index (χ1n) is 7.13. The minimum atomic E-state index is -1.83. The topological polar surface area (TPSA) is 158 Å². The summed E-state index contributed by atoms with van der Waals surface area (Å²) < 4.78 is 20.9. The normalized spacial score (nSPS) is 10.9. The zero-order valence-electron chi connectivity index (χ0n) is 13.8. The molecule has 2 rings (SSSR count). The van der Waals surface area contributed by atoms with E-state index in [0.717, 1.165) is 0 Å². The average molecular weight is 348 g/mol. The van der Waals surface area contributed by atoms with Crippen LogP contribution in [0.15, 0.2) is 36.4 Å². The molecule has 0 unspecified atom stereocenters. The third-order valence-electron chi connectivity index (χ3n) is 3.06. The molecule has 25 heavy (non-hydrogen) atoms. The van der Waals surface area contributed by atoms with E-state index in [2.05, 4.69) is 0 Å². The molecule has 0 spiro atoms. The van der Waals surface area contributed by atoms with Gasteiger partial charge in [-0.05, 0) is 30.3 Å². The van der Waals surface area contributed by atoms with Gasteiger partial charge in [-0.3, -0.25) is 17.2 Å². The van der Waals surface area contributed by atoms with E-state index in [1.807, 2.05) is 0 Å². The molecule has 0 radical (unpaired) electrons. The Balaban J connectivity index is 2.36. The number of methoxy groups -OCH3 is 2. The lowest BCUT2D eigenvalue weighted by Crippen LogP contribution is -2.62. The molecule has 134 valence electrons. The number of nitrogen functional groups attached to an aromatic ring is 1. The minimum Gasteiger partial charge on any atom is -0.493 e. The third kappa shape index (κ3) is 4.73. The Labute approximate surface area is 144 Å². The summed E-state index contributed by atoms with van der Waals surface area (Å²) in [6, 6.07) is 9.18. The molecule has 0 aliphatic rings. The molecule has 2 aromatic carbocycles. The standard InChI is InChI=1S/C16H20N4O5/c1-22-14-8-10(25-16(18,19)20)4-6-13(14)24-12-5-3-9(17)7-11(12)15(21)23-2/h3-8H,17-20H2,1-2H3. The van der Waals surface area contributed by atoms with Gasteiger partial charge in [-0.2, -0.15) is 0 Å². The first-order chi connectivity index (χ1) is 11.7. The molecule has 0 aliphatic heterocycles. The number of carbonyl (C=O) groups is 1. The van der Waals surface area contributed by atoms with Crippen molar-refractivity contribution in [2.24, 2.45) is 17.2 Å². The molecule has 9 nitrogen and oxygen atoms in total. The summed E-state index contributed by atoms with van der Waals surface area (Å²) in [5.41, 5.74) is 22.5. The smallest absolute Gasteiger partial charge is 0.341 e. The van der Waals surface area contributed by atoms with Crippen LogP contribution in [0.5, 0.6) is 23.0 Å². The van der Waals surface area contributed by atoms with E-state index in [1.165, 1.54) is 32.4 Å². The number of esters is 1. The van der Waals surface area contributed by atoms with Crippen molar-refractivity contribution >= 4 is 11.7 Å². The fourth-order valence-corrected chi connectivity index (χ4v) is 2.02. The third-order valence-corrected chi connectivity index (χ3v) is 3.06. The lowest BCUT2D eigenvalue weighted by atomic mass is 10.2. The Bertz CT molecular complexity index is 774. The maximum atomic E-state index is 11.9. The number of anilines is 1. The van der Waals surface area contributed by atoms with Crippen molar-refractivity contribution < 1.29 is 23.7 Å². The summed E-state index contributed by atoms with van der Waals surface area (Å²) in [4.78, 5) is 11.9. The number of hydrogen-bond donors (Lipinski definition) is 4. The van der Waals surface area contributed by atoms with Gasteiger partial charge in [0.15, 0.2) is 11.5 Å². The van der Waals surface area contributed by atoms with Gasteiger partial charge in [0.05, 0.1) is 14.2 Å². The molecule has 8 N–H and O–H groups in total. The van der Waals surface area contributed by atoms with Gasteiger partial charge in [0, 0.05) is 11.8 Å². The van der Waals surface area contributed by atoms with Crippen LogP contribution in [0.1, 0.15) is 10.4 Å². The maximum absolute atomic E-state index is 11.9. The van der Waals surface area contributed by atoms with Crippen LogP contribution in [0.25, 0.3) is 0 Å². The summed E-state index contributed by atoms with van der Waals surface area (Å²) >= 11 is 0. The molecular weight excluding hydrogens is 328 g/mol. The van der Waals surface area contributed by atoms with E-state index in [4.69, 9.17) is 41.9 Å². The van der Waals surface area contributed by atoms with Crippen LogP contribution >= 0.6 is 0 Å². The van der Waals surface area contributed by atoms with Crippen molar-refractivity contribution in [2.45, 2.75) is 5.97 Å². The van der Waals surface area contributed by atoms with Gasteiger partial charge in [-0.1, -0.05) is 0 Å². The highest BCUT2D eigenvalue weighted by molar-refractivity contribution is 5.93. The maximum Gasteiger partial charge on any atom is 0.341 e. The second-order valence-corrected chi connectivity index (χ2v) is 5.12. The van der Waals surface area contributed by atoms with Crippen LogP contribution in [0.4, 0.5) is 5.69 Å². The van der Waals surface area contributed by atoms with Crippen molar-refractivity contribution in [1.82, 2.24) is 0 Å². The molecule has 0 aliphatic carbocycles. The summed E-state index contributed by atoms with van der Waals surface area (Å²) in [5, 5.41) is 0. The summed E-state index contributed by atoms with van der Waals surface area (Å²) in [6.07, 6.45) is 0.